The number of fused-ring (bicyclic) bond motifs is 1. The van der Waals surface area contributed by atoms with Crippen LogP contribution in [0.25, 0.3) is 0 Å². The average Bonchev–Trinajstić information content (AvgIpc) is 3.20. The molecule has 0 amide bonds. The Hall–Kier alpha value is -3.02. The lowest BCUT2D eigenvalue weighted by atomic mass is 9.78. The molecule has 2 heterocycles. The van der Waals surface area contributed by atoms with Gasteiger partial charge in [0.1, 0.15) is 12.2 Å². The van der Waals surface area contributed by atoms with E-state index in [2.05, 4.69) is 0 Å². The summed E-state index contributed by atoms with van der Waals surface area (Å²) in [5, 5.41) is 1.74. The quantitative estimate of drug-likeness (QED) is 0.357. The molecule has 1 aromatic rings. The van der Waals surface area contributed by atoms with Gasteiger partial charge in [-0.15, -0.1) is 0 Å². The lowest BCUT2D eigenvalue weighted by Gasteiger charge is -2.50. The van der Waals surface area contributed by atoms with E-state index in [4.69, 9.17) is 28.5 Å². The van der Waals surface area contributed by atoms with Gasteiger partial charge in [-0.05, 0) is 12.5 Å². The number of carbonyl (C=O) groups excluding carboxylic acids is 4. The first kappa shape index (κ1) is 27.6. The Kier molecular flexibility index (Phi) is 9.04. The van der Waals surface area contributed by atoms with Crippen LogP contribution in [-0.2, 0) is 54.2 Å². The Morgan fingerprint density at radius 3 is 2.22 bits per heavy atom. The van der Waals surface area contributed by atoms with E-state index in [1.807, 2.05) is 30.3 Å². The van der Waals surface area contributed by atoms with Crippen molar-refractivity contribution in [3.8, 4) is 0 Å². The molecule has 3 rings (SSSR count). The second-order valence-electron chi connectivity index (χ2n) is 9.11. The Bertz CT molecular complexity index is 953. The van der Waals surface area contributed by atoms with Crippen molar-refractivity contribution in [1.29, 1.82) is 0 Å². The zero-order valence-corrected chi connectivity index (χ0v) is 21.1. The molecule has 0 N–H and O–H groups in total. The summed E-state index contributed by atoms with van der Waals surface area (Å²) in [6.45, 7) is 7.02. The van der Waals surface area contributed by atoms with E-state index < -0.39 is 60.4 Å². The highest BCUT2D eigenvalue weighted by atomic mass is 16.7. The predicted octanol–water partition coefficient (Wildman–Crippen LogP) is 1.57. The van der Waals surface area contributed by atoms with Crippen LogP contribution in [0.5, 0.6) is 0 Å². The lowest BCUT2D eigenvalue weighted by molar-refractivity contribution is -0.268. The zero-order valence-electron chi connectivity index (χ0n) is 21.1. The smallest absolute Gasteiger partial charge is 0.303 e. The summed E-state index contributed by atoms with van der Waals surface area (Å²) in [7, 11) is 0. The molecule has 0 saturated carbocycles. The Balaban J connectivity index is 2.01. The van der Waals surface area contributed by atoms with E-state index in [9.17, 15) is 19.2 Å². The summed E-state index contributed by atoms with van der Waals surface area (Å²) in [5.74, 6) is -2.70. The fourth-order valence-electron chi connectivity index (χ4n) is 4.72. The lowest BCUT2D eigenvalue weighted by Crippen LogP contribution is -2.69. The average molecular weight is 508 g/mol. The second kappa shape index (κ2) is 11.8. The van der Waals surface area contributed by atoms with Crippen molar-refractivity contribution >= 4 is 23.9 Å². The van der Waals surface area contributed by atoms with Crippen LogP contribution < -0.4 is 0 Å². The summed E-state index contributed by atoms with van der Waals surface area (Å²) in [6.07, 6.45) is -3.48. The molecule has 0 unspecified atom stereocenters. The van der Waals surface area contributed by atoms with E-state index in [0.29, 0.717) is 13.2 Å². The molecule has 2 fully saturated rings. The van der Waals surface area contributed by atoms with E-state index in [1.165, 1.54) is 27.7 Å². The van der Waals surface area contributed by atoms with E-state index >= 15 is 0 Å². The summed E-state index contributed by atoms with van der Waals surface area (Å²) >= 11 is 0. The van der Waals surface area contributed by atoms with Gasteiger partial charge >= 0.3 is 23.9 Å². The first-order valence-electron chi connectivity index (χ1n) is 11.7. The van der Waals surface area contributed by atoms with Gasteiger partial charge in [-0.25, -0.2) is 0 Å². The highest BCUT2D eigenvalue weighted by molar-refractivity contribution is 5.68. The molecule has 2 aliphatic heterocycles. The van der Waals surface area contributed by atoms with Gasteiger partial charge < -0.3 is 23.7 Å². The number of hydroxylamine groups is 2. The minimum absolute atomic E-state index is 0.148. The van der Waals surface area contributed by atoms with Gasteiger partial charge in [0.2, 0.25) is 0 Å². The molecule has 1 aromatic carbocycles. The van der Waals surface area contributed by atoms with Crippen molar-refractivity contribution < 1.29 is 47.7 Å². The third-order valence-electron chi connectivity index (χ3n) is 6.19. The molecule has 11 nitrogen and oxygen atoms in total. The minimum Gasteiger partial charge on any atom is -0.462 e. The van der Waals surface area contributed by atoms with Gasteiger partial charge in [0.05, 0.1) is 19.3 Å². The highest BCUT2D eigenvalue weighted by Gasteiger charge is 2.61. The van der Waals surface area contributed by atoms with Crippen LogP contribution >= 0.6 is 0 Å². The Morgan fingerprint density at radius 1 is 0.972 bits per heavy atom. The monoisotopic (exact) mass is 507 g/mol. The minimum atomic E-state index is -1.48. The molecule has 0 aromatic heterocycles. The Labute approximate surface area is 209 Å². The van der Waals surface area contributed by atoms with Crippen molar-refractivity contribution in [3.63, 3.8) is 0 Å². The van der Waals surface area contributed by atoms with Crippen molar-refractivity contribution in [3.05, 3.63) is 35.9 Å². The van der Waals surface area contributed by atoms with E-state index in [-0.39, 0.29) is 12.5 Å². The number of carbonyl (C=O) groups is 4. The maximum atomic E-state index is 12.3. The third-order valence-corrected chi connectivity index (χ3v) is 6.19. The van der Waals surface area contributed by atoms with Crippen molar-refractivity contribution in [1.82, 2.24) is 5.06 Å². The topological polar surface area (TPSA) is 127 Å². The van der Waals surface area contributed by atoms with Crippen LogP contribution in [0.1, 0.15) is 40.2 Å². The maximum Gasteiger partial charge on any atom is 0.303 e. The largest absolute Gasteiger partial charge is 0.462 e. The zero-order chi connectivity index (χ0) is 26.5. The predicted molar refractivity (Wildman–Crippen MR) is 123 cm³/mol. The number of ether oxygens (including phenoxy) is 5. The number of hydrogen-bond acceptors (Lipinski definition) is 11. The molecular formula is C25H33NO10. The van der Waals surface area contributed by atoms with Crippen molar-refractivity contribution in [2.45, 2.75) is 71.1 Å². The van der Waals surface area contributed by atoms with Crippen LogP contribution in [0.2, 0.25) is 0 Å². The van der Waals surface area contributed by atoms with Gasteiger partial charge in [0.15, 0.2) is 18.3 Å². The number of rotatable bonds is 9. The van der Waals surface area contributed by atoms with Gasteiger partial charge in [-0.2, -0.15) is 5.06 Å². The molecule has 0 spiro atoms. The fourth-order valence-corrected chi connectivity index (χ4v) is 4.72. The fraction of sp³-hybridized carbons (Fsp3) is 0.600. The Morgan fingerprint density at radius 2 is 1.64 bits per heavy atom. The SMILES string of the molecule is CC(=O)OC[C@@H](OC(C)=O)[C@H](OC(C)=O)[C@]1(C)OC[C@H]2CON(Cc3ccccc3)[C@H]2[C@@H]1OC(C)=O. The van der Waals surface area contributed by atoms with Crippen LogP contribution in [0.15, 0.2) is 30.3 Å². The maximum absolute atomic E-state index is 12.3. The first-order valence-corrected chi connectivity index (χ1v) is 11.7. The molecule has 0 radical (unpaired) electrons. The van der Waals surface area contributed by atoms with E-state index in [1.54, 1.807) is 12.0 Å². The molecule has 6 atom stereocenters. The third kappa shape index (κ3) is 6.59. The summed E-state index contributed by atoms with van der Waals surface area (Å²) in [6, 6.07) is 9.18. The summed E-state index contributed by atoms with van der Waals surface area (Å²) < 4.78 is 28.2. The number of nitrogens with zero attached hydrogens (tertiary/aromatic N) is 1. The molecular weight excluding hydrogens is 474 g/mol. The molecule has 0 aliphatic carbocycles. The number of hydrogen-bond donors (Lipinski definition) is 0. The van der Waals surface area contributed by atoms with E-state index in [0.717, 1.165) is 5.56 Å². The summed E-state index contributed by atoms with van der Waals surface area (Å²) in [4.78, 5) is 53.8. The molecule has 36 heavy (non-hydrogen) atoms. The standard InChI is InChI=1S/C25H33NO10/c1-15(27)31-14-21(34-16(2)28)23(35-17(3)29)25(5)24(36-18(4)30)22-20(12-32-25)13-33-26(22)11-19-9-7-6-8-10-19/h6-10,20-24H,11-14H2,1-5H3/t20-,21+,22+,23-,24-,25-/m0/s1. The number of benzene rings is 1. The van der Waals surface area contributed by atoms with Gasteiger partial charge in [0, 0.05) is 40.2 Å². The van der Waals surface area contributed by atoms with Crippen LogP contribution in [0.3, 0.4) is 0 Å². The van der Waals surface area contributed by atoms with Gasteiger partial charge in [-0.1, -0.05) is 30.3 Å². The van der Waals surface area contributed by atoms with Crippen LogP contribution in [-0.4, -0.2) is 78.7 Å². The summed E-state index contributed by atoms with van der Waals surface area (Å²) in [5.41, 5.74) is -0.501. The van der Waals surface area contributed by atoms with Crippen molar-refractivity contribution in [2.75, 3.05) is 19.8 Å². The van der Waals surface area contributed by atoms with Crippen molar-refractivity contribution in [2.24, 2.45) is 5.92 Å². The molecule has 0 bridgehead atoms. The van der Waals surface area contributed by atoms with Crippen LogP contribution in [0, 0.1) is 5.92 Å². The highest BCUT2D eigenvalue weighted by Crippen LogP contribution is 2.42. The molecule has 2 aliphatic rings. The molecule has 198 valence electrons. The first-order chi connectivity index (χ1) is 17.0. The second-order valence-corrected chi connectivity index (χ2v) is 9.11. The van der Waals surface area contributed by atoms with Gasteiger partial charge in [0.25, 0.3) is 0 Å². The van der Waals surface area contributed by atoms with Crippen LogP contribution in [0.4, 0.5) is 0 Å². The normalized spacial score (nSPS) is 27.3. The molecule has 2 saturated heterocycles. The number of esters is 4. The molecule has 11 heteroatoms. The van der Waals surface area contributed by atoms with Gasteiger partial charge in [-0.3, -0.25) is 24.0 Å².